The third kappa shape index (κ3) is 2.86. The van der Waals surface area contributed by atoms with Crippen molar-refractivity contribution in [3.8, 4) is 5.88 Å². The second-order valence-corrected chi connectivity index (χ2v) is 3.27. The molecule has 0 radical (unpaired) electrons. The first-order valence-electron chi connectivity index (χ1n) is 3.17. The molecule has 14 heavy (non-hydrogen) atoms. The van der Waals surface area contributed by atoms with Crippen LogP contribution in [0.2, 0.25) is 0 Å². The van der Waals surface area contributed by atoms with Gasteiger partial charge < -0.3 is 10.5 Å². The van der Waals surface area contributed by atoms with Crippen molar-refractivity contribution in [2.45, 2.75) is 6.36 Å². The summed E-state index contributed by atoms with van der Waals surface area (Å²) in [5.74, 6) is -2.16. The third-order valence-electron chi connectivity index (χ3n) is 1.12. The number of hydrogen-bond acceptors (Lipinski definition) is 3. The molecule has 0 aliphatic rings. The second kappa shape index (κ2) is 3.75. The molecule has 0 unspecified atom stereocenters. The Morgan fingerprint density at radius 3 is 2.50 bits per heavy atom. The molecule has 0 atom stereocenters. The van der Waals surface area contributed by atoms with Crippen LogP contribution in [-0.2, 0) is 0 Å². The summed E-state index contributed by atoms with van der Waals surface area (Å²) < 4.78 is 51.2. The van der Waals surface area contributed by atoms with E-state index in [1.807, 2.05) is 0 Å². The molecule has 0 aliphatic carbocycles. The predicted molar refractivity (Wildman–Crippen MR) is 48.0 cm³/mol. The van der Waals surface area contributed by atoms with Gasteiger partial charge in [-0.05, 0) is 22.6 Å². The van der Waals surface area contributed by atoms with E-state index in [1.54, 1.807) is 0 Å². The van der Waals surface area contributed by atoms with Crippen molar-refractivity contribution >= 4 is 28.4 Å². The van der Waals surface area contributed by atoms with Crippen LogP contribution >= 0.6 is 22.6 Å². The van der Waals surface area contributed by atoms with Crippen molar-refractivity contribution in [2.24, 2.45) is 0 Å². The number of hydrogen-bond donors (Lipinski definition) is 1. The minimum atomic E-state index is -4.91. The number of nitrogens with two attached hydrogens (primary N) is 1. The highest BCUT2D eigenvalue weighted by molar-refractivity contribution is 14.1. The van der Waals surface area contributed by atoms with Gasteiger partial charge in [-0.2, -0.15) is 4.98 Å². The minimum absolute atomic E-state index is 0.367. The molecule has 78 valence electrons. The molecule has 1 aromatic heterocycles. The van der Waals surface area contributed by atoms with Gasteiger partial charge in [0.05, 0.1) is 0 Å². The number of halogens is 5. The molecule has 0 spiro atoms. The number of ether oxygens (including phenoxy) is 1. The number of anilines is 1. The van der Waals surface area contributed by atoms with Gasteiger partial charge in [-0.25, -0.2) is 4.39 Å². The van der Waals surface area contributed by atoms with E-state index in [0.717, 1.165) is 6.07 Å². The van der Waals surface area contributed by atoms with Crippen LogP contribution in [0, 0.1) is 9.39 Å². The van der Waals surface area contributed by atoms with Gasteiger partial charge in [-0.1, -0.05) is 0 Å². The maximum atomic E-state index is 12.8. The number of nitrogens with zero attached hydrogens (tertiary/aromatic N) is 1. The van der Waals surface area contributed by atoms with Crippen LogP contribution in [0.5, 0.6) is 5.88 Å². The van der Waals surface area contributed by atoms with E-state index in [9.17, 15) is 17.6 Å². The Balaban J connectivity index is 3.09. The summed E-state index contributed by atoms with van der Waals surface area (Å²) >= 11 is 1.34. The van der Waals surface area contributed by atoms with E-state index in [2.05, 4.69) is 9.72 Å². The maximum Gasteiger partial charge on any atom is 0.574 e. The third-order valence-corrected chi connectivity index (χ3v) is 2.09. The highest BCUT2D eigenvalue weighted by Gasteiger charge is 2.33. The average molecular weight is 322 g/mol. The number of alkyl halides is 3. The van der Waals surface area contributed by atoms with Gasteiger partial charge >= 0.3 is 6.36 Å². The molecule has 0 amide bonds. The van der Waals surface area contributed by atoms with E-state index in [-0.39, 0.29) is 9.39 Å². The Bertz CT molecular complexity index is 354. The van der Waals surface area contributed by atoms with Gasteiger partial charge in [0.15, 0.2) is 0 Å². The van der Waals surface area contributed by atoms with Gasteiger partial charge in [0, 0.05) is 6.07 Å². The molecule has 2 N–H and O–H groups in total. The second-order valence-electron chi connectivity index (χ2n) is 2.20. The molecule has 0 fully saturated rings. The normalized spacial score (nSPS) is 11.5. The molecule has 0 bridgehead atoms. The summed E-state index contributed by atoms with van der Waals surface area (Å²) in [7, 11) is 0. The summed E-state index contributed by atoms with van der Waals surface area (Å²) in [4.78, 5) is 3.21. The van der Waals surface area contributed by atoms with Crippen molar-refractivity contribution in [2.75, 3.05) is 5.73 Å². The molecule has 0 saturated carbocycles. The molecule has 0 aliphatic heterocycles. The number of aromatic nitrogens is 1. The monoisotopic (exact) mass is 322 g/mol. The molecular weight excluding hydrogens is 319 g/mol. The zero-order chi connectivity index (χ0) is 10.9. The van der Waals surface area contributed by atoms with E-state index < -0.39 is 18.1 Å². The molecule has 0 aromatic carbocycles. The van der Waals surface area contributed by atoms with Crippen molar-refractivity contribution in [3.05, 3.63) is 15.5 Å². The average Bonchev–Trinajstić information content (AvgIpc) is 1.96. The number of rotatable bonds is 1. The van der Waals surface area contributed by atoms with Crippen molar-refractivity contribution in [3.63, 3.8) is 0 Å². The lowest BCUT2D eigenvalue weighted by atomic mass is 10.4. The highest BCUT2D eigenvalue weighted by atomic mass is 127. The first-order chi connectivity index (χ1) is 6.29. The van der Waals surface area contributed by atoms with Crippen LogP contribution in [0.3, 0.4) is 0 Å². The maximum absolute atomic E-state index is 12.8. The lowest BCUT2D eigenvalue weighted by Gasteiger charge is -2.09. The Morgan fingerprint density at radius 1 is 1.43 bits per heavy atom. The van der Waals surface area contributed by atoms with Gasteiger partial charge in [0.1, 0.15) is 15.2 Å². The fraction of sp³-hybridized carbons (Fsp3) is 0.167. The van der Waals surface area contributed by atoms with Gasteiger partial charge in [0.25, 0.3) is 0 Å². The molecule has 0 saturated heterocycles. The Kier molecular flexibility index (Phi) is 3.02. The Labute approximate surface area is 89.4 Å². The van der Waals surface area contributed by atoms with Crippen LogP contribution in [0.1, 0.15) is 0 Å². The minimum Gasteiger partial charge on any atom is -0.387 e. The quantitative estimate of drug-likeness (QED) is 0.638. The van der Waals surface area contributed by atoms with E-state index in [1.165, 1.54) is 22.6 Å². The summed E-state index contributed by atoms with van der Waals surface area (Å²) in [6.07, 6.45) is -4.91. The van der Waals surface area contributed by atoms with E-state index in [0.29, 0.717) is 0 Å². The topological polar surface area (TPSA) is 48.1 Å². The van der Waals surface area contributed by atoms with Gasteiger partial charge in [-0.3, -0.25) is 0 Å². The summed E-state index contributed by atoms with van der Waals surface area (Å²) in [6, 6.07) is 0.811. The largest absolute Gasteiger partial charge is 0.574 e. The van der Waals surface area contributed by atoms with E-state index in [4.69, 9.17) is 5.73 Å². The lowest BCUT2D eigenvalue weighted by Crippen LogP contribution is -2.19. The molecule has 3 nitrogen and oxygen atoms in total. The van der Waals surface area contributed by atoms with Crippen molar-refractivity contribution < 1.29 is 22.3 Å². The Morgan fingerprint density at radius 2 is 2.00 bits per heavy atom. The van der Waals surface area contributed by atoms with Gasteiger partial charge in [-0.15, -0.1) is 13.2 Å². The zero-order valence-corrected chi connectivity index (χ0v) is 8.56. The first-order valence-corrected chi connectivity index (χ1v) is 4.25. The highest BCUT2D eigenvalue weighted by Crippen LogP contribution is 2.28. The molecule has 8 heteroatoms. The van der Waals surface area contributed by atoms with Crippen LogP contribution in [0.15, 0.2) is 6.07 Å². The number of pyridine rings is 1. The fourth-order valence-electron chi connectivity index (χ4n) is 0.671. The Hall–Kier alpha value is -0.800. The molecule has 1 rings (SSSR count). The van der Waals surface area contributed by atoms with Crippen molar-refractivity contribution in [1.82, 2.24) is 4.98 Å². The lowest BCUT2D eigenvalue weighted by molar-refractivity contribution is -0.276. The molecule has 1 aromatic rings. The van der Waals surface area contributed by atoms with Crippen LogP contribution in [0.4, 0.5) is 23.4 Å². The fourth-order valence-corrected chi connectivity index (χ4v) is 1.06. The van der Waals surface area contributed by atoms with Crippen LogP contribution < -0.4 is 10.5 Å². The molecule has 1 heterocycles. The summed E-state index contributed by atoms with van der Waals surface area (Å²) in [5.41, 5.74) is 5.05. The van der Waals surface area contributed by atoms with Crippen molar-refractivity contribution in [1.29, 1.82) is 0 Å². The standard InChI is InChI=1S/C6H3F4IN2O/c7-2-1-3(12)13-5(4(2)11)14-6(8,9)10/h1H,(H2,12,13). The first kappa shape index (κ1) is 11.3. The van der Waals surface area contributed by atoms with Gasteiger partial charge in [0.2, 0.25) is 5.88 Å². The van der Waals surface area contributed by atoms with Crippen LogP contribution in [0.25, 0.3) is 0 Å². The predicted octanol–water partition coefficient (Wildman–Crippen LogP) is 2.31. The van der Waals surface area contributed by atoms with E-state index >= 15 is 0 Å². The SMILES string of the molecule is Nc1cc(F)c(I)c(OC(F)(F)F)n1. The summed E-state index contributed by atoms with van der Waals surface area (Å²) in [6.45, 7) is 0. The smallest absolute Gasteiger partial charge is 0.387 e. The van der Waals surface area contributed by atoms with Crippen LogP contribution in [-0.4, -0.2) is 11.3 Å². The molecular formula is C6H3F4IN2O. The number of nitrogen functional groups attached to an aromatic ring is 1. The summed E-state index contributed by atoms with van der Waals surface area (Å²) in [5, 5.41) is 0. The zero-order valence-electron chi connectivity index (χ0n) is 6.40.